The number of hydrogen-bond donors (Lipinski definition) is 2. The minimum Gasteiger partial charge on any atom is -0.507 e. The molecule has 0 saturated carbocycles. The highest BCUT2D eigenvalue weighted by Gasteiger charge is 2.36. The van der Waals surface area contributed by atoms with Gasteiger partial charge in [0.05, 0.1) is 5.56 Å². The monoisotopic (exact) mass is 355 g/mol. The molecular weight excluding hydrogens is 334 g/mol. The van der Waals surface area contributed by atoms with Crippen LogP contribution in [0.3, 0.4) is 0 Å². The van der Waals surface area contributed by atoms with E-state index in [2.05, 4.69) is 0 Å². The van der Waals surface area contributed by atoms with Gasteiger partial charge in [0.1, 0.15) is 17.1 Å². The highest BCUT2D eigenvalue weighted by atomic mass is 16.5. The third-order valence-electron chi connectivity index (χ3n) is 4.47. The van der Waals surface area contributed by atoms with E-state index in [1.807, 2.05) is 30.0 Å². The Bertz CT molecular complexity index is 861. The number of aryl methyl sites for hydroxylation is 2. The lowest BCUT2D eigenvalue weighted by atomic mass is 10.1. The molecule has 0 radical (unpaired) electrons. The Morgan fingerprint density at radius 2 is 1.85 bits per heavy atom. The van der Waals surface area contributed by atoms with Gasteiger partial charge in [-0.3, -0.25) is 4.79 Å². The maximum Gasteiger partial charge on any atom is 0.339 e. The van der Waals surface area contributed by atoms with Gasteiger partial charge in [-0.2, -0.15) is 0 Å². The van der Waals surface area contributed by atoms with Crippen molar-refractivity contribution >= 4 is 11.9 Å². The molecule has 2 heterocycles. The van der Waals surface area contributed by atoms with E-state index in [1.54, 1.807) is 13.0 Å². The molecule has 6 nitrogen and oxygen atoms in total. The first-order valence-electron chi connectivity index (χ1n) is 8.48. The predicted molar refractivity (Wildman–Crippen MR) is 95.7 cm³/mol. The number of rotatable bonds is 1. The number of phenols is 1. The summed E-state index contributed by atoms with van der Waals surface area (Å²) in [6.07, 6.45) is 1.98. The second-order valence-electron chi connectivity index (χ2n) is 6.54. The Balaban J connectivity index is 0.000000160. The van der Waals surface area contributed by atoms with E-state index < -0.39 is 5.97 Å². The molecule has 26 heavy (non-hydrogen) atoms. The van der Waals surface area contributed by atoms with Crippen LogP contribution < -0.4 is 4.74 Å². The van der Waals surface area contributed by atoms with Gasteiger partial charge >= 0.3 is 5.97 Å². The first kappa shape index (κ1) is 17.8. The SMILES string of the molecule is Cc1ccc(C(=O)O)c(O)c1.Cc1ccc2c(c1)OC1CCCN1C2=O. The normalized spacial score (nSPS) is 17.5. The van der Waals surface area contributed by atoms with Gasteiger partial charge in [0.2, 0.25) is 0 Å². The molecule has 0 spiro atoms. The lowest BCUT2D eigenvalue weighted by Gasteiger charge is -2.31. The number of carbonyl (C=O) groups excluding carboxylic acids is 1. The van der Waals surface area contributed by atoms with Gasteiger partial charge in [0.25, 0.3) is 5.91 Å². The van der Waals surface area contributed by atoms with Crippen LogP contribution in [0.4, 0.5) is 0 Å². The predicted octanol–water partition coefficient (Wildman–Crippen LogP) is 3.35. The third kappa shape index (κ3) is 3.49. The summed E-state index contributed by atoms with van der Waals surface area (Å²) in [4.78, 5) is 24.3. The average Bonchev–Trinajstić information content (AvgIpc) is 3.03. The van der Waals surface area contributed by atoms with E-state index in [0.29, 0.717) is 5.56 Å². The Morgan fingerprint density at radius 1 is 1.15 bits per heavy atom. The lowest BCUT2D eigenvalue weighted by Crippen LogP contribution is -2.42. The number of ether oxygens (including phenoxy) is 1. The zero-order valence-corrected chi connectivity index (χ0v) is 14.7. The summed E-state index contributed by atoms with van der Waals surface area (Å²) >= 11 is 0. The van der Waals surface area contributed by atoms with Crippen molar-refractivity contribution in [2.24, 2.45) is 0 Å². The zero-order chi connectivity index (χ0) is 18.8. The first-order valence-corrected chi connectivity index (χ1v) is 8.48. The van der Waals surface area contributed by atoms with Gasteiger partial charge in [-0.05, 0) is 55.7 Å². The van der Waals surface area contributed by atoms with Crippen molar-refractivity contribution in [3.63, 3.8) is 0 Å². The van der Waals surface area contributed by atoms with Crippen LogP contribution in [0.15, 0.2) is 36.4 Å². The number of amides is 1. The van der Waals surface area contributed by atoms with Crippen LogP contribution in [0.1, 0.15) is 44.7 Å². The average molecular weight is 355 g/mol. The van der Waals surface area contributed by atoms with Crippen LogP contribution in [-0.2, 0) is 0 Å². The summed E-state index contributed by atoms with van der Waals surface area (Å²) in [5.41, 5.74) is 2.62. The minimum absolute atomic E-state index is 0.0215. The van der Waals surface area contributed by atoms with E-state index in [-0.39, 0.29) is 23.4 Å². The number of fused-ring (bicyclic) bond motifs is 2. The van der Waals surface area contributed by atoms with Crippen molar-refractivity contribution in [3.8, 4) is 11.5 Å². The molecule has 1 fully saturated rings. The smallest absolute Gasteiger partial charge is 0.339 e. The van der Waals surface area contributed by atoms with Crippen molar-refractivity contribution in [3.05, 3.63) is 58.7 Å². The topological polar surface area (TPSA) is 87.1 Å². The number of carbonyl (C=O) groups is 2. The van der Waals surface area contributed by atoms with Gasteiger partial charge in [0, 0.05) is 13.0 Å². The lowest BCUT2D eigenvalue weighted by molar-refractivity contribution is 0.0293. The second-order valence-corrected chi connectivity index (χ2v) is 6.54. The van der Waals surface area contributed by atoms with Crippen molar-refractivity contribution in [2.45, 2.75) is 32.9 Å². The van der Waals surface area contributed by atoms with E-state index in [1.165, 1.54) is 12.1 Å². The summed E-state index contributed by atoms with van der Waals surface area (Å²) in [6.45, 7) is 4.62. The third-order valence-corrected chi connectivity index (χ3v) is 4.47. The zero-order valence-electron chi connectivity index (χ0n) is 14.7. The molecule has 136 valence electrons. The number of carboxylic acids is 1. The molecule has 4 rings (SSSR count). The molecule has 2 aromatic rings. The summed E-state index contributed by atoms with van der Waals surface area (Å²) in [5.74, 6) is -0.415. The Labute approximate surface area is 151 Å². The van der Waals surface area contributed by atoms with Crippen LogP contribution in [0.5, 0.6) is 11.5 Å². The van der Waals surface area contributed by atoms with Gasteiger partial charge in [-0.15, -0.1) is 0 Å². The van der Waals surface area contributed by atoms with E-state index in [9.17, 15) is 9.59 Å². The quantitative estimate of drug-likeness (QED) is 0.819. The Hall–Kier alpha value is -3.02. The molecule has 2 aliphatic heterocycles. The summed E-state index contributed by atoms with van der Waals surface area (Å²) < 4.78 is 5.81. The molecule has 0 aliphatic carbocycles. The largest absolute Gasteiger partial charge is 0.507 e. The molecule has 1 atom stereocenters. The van der Waals surface area contributed by atoms with Crippen LogP contribution in [0.2, 0.25) is 0 Å². The summed E-state index contributed by atoms with van der Waals surface area (Å²) in [7, 11) is 0. The highest BCUT2D eigenvalue weighted by Crippen LogP contribution is 2.33. The summed E-state index contributed by atoms with van der Waals surface area (Å²) in [6, 6.07) is 10.2. The van der Waals surface area contributed by atoms with Gasteiger partial charge in [-0.1, -0.05) is 12.1 Å². The highest BCUT2D eigenvalue weighted by molar-refractivity contribution is 5.98. The van der Waals surface area contributed by atoms with Crippen molar-refractivity contribution in [1.82, 2.24) is 4.90 Å². The molecule has 1 saturated heterocycles. The van der Waals surface area contributed by atoms with Crippen molar-refractivity contribution in [1.29, 1.82) is 0 Å². The molecule has 6 heteroatoms. The number of aromatic hydroxyl groups is 1. The number of nitrogens with zero attached hydrogens (tertiary/aromatic N) is 1. The molecule has 1 unspecified atom stereocenters. The molecule has 2 aromatic carbocycles. The van der Waals surface area contributed by atoms with Gasteiger partial charge in [0.15, 0.2) is 6.23 Å². The number of aromatic carboxylic acids is 1. The van der Waals surface area contributed by atoms with Crippen LogP contribution in [-0.4, -0.2) is 39.8 Å². The fourth-order valence-corrected chi connectivity index (χ4v) is 3.12. The number of benzene rings is 2. The Morgan fingerprint density at radius 3 is 2.54 bits per heavy atom. The maximum absolute atomic E-state index is 12.1. The van der Waals surface area contributed by atoms with Crippen LogP contribution >= 0.6 is 0 Å². The fourth-order valence-electron chi connectivity index (χ4n) is 3.12. The summed E-state index contributed by atoms with van der Waals surface area (Å²) in [5, 5.41) is 17.6. The number of hydrogen-bond acceptors (Lipinski definition) is 4. The van der Waals surface area contributed by atoms with Gasteiger partial charge in [-0.25, -0.2) is 4.79 Å². The molecular formula is C20H21NO5. The fraction of sp³-hybridized carbons (Fsp3) is 0.300. The number of carboxylic acid groups (broad SMARTS) is 1. The van der Waals surface area contributed by atoms with E-state index in [4.69, 9.17) is 14.9 Å². The van der Waals surface area contributed by atoms with Gasteiger partial charge < -0.3 is 19.8 Å². The Kier molecular flexibility index (Phi) is 4.84. The van der Waals surface area contributed by atoms with E-state index >= 15 is 0 Å². The standard InChI is InChI=1S/C12H13NO2.C8H8O3/c1-8-4-5-9-10(7-8)15-11-3-2-6-13(11)12(9)14;1-5-2-3-6(8(10)11)7(9)4-5/h4-5,7,11H,2-3,6H2,1H3;2-4,9H,1H3,(H,10,11). The molecule has 0 bridgehead atoms. The van der Waals surface area contributed by atoms with Crippen molar-refractivity contribution in [2.75, 3.05) is 6.54 Å². The second kappa shape index (κ2) is 7.07. The van der Waals surface area contributed by atoms with Crippen LogP contribution in [0, 0.1) is 13.8 Å². The minimum atomic E-state index is -1.11. The van der Waals surface area contributed by atoms with Crippen LogP contribution in [0.25, 0.3) is 0 Å². The van der Waals surface area contributed by atoms with E-state index in [0.717, 1.165) is 36.3 Å². The maximum atomic E-state index is 12.1. The molecule has 1 amide bonds. The molecule has 2 aliphatic rings. The molecule has 2 N–H and O–H groups in total. The molecule has 0 aromatic heterocycles. The first-order chi connectivity index (χ1) is 12.4. The van der Waals surface area contributed by atoms with Crippen molar-refractivity contribution < 1.29 is 24.5 Å².